The lowest BCUT2D eigenvalue weighted by atomic mass is 9.87. The number of nitrogens with one attached hydrogen (secondary N) is 1. The second-order valence-corrected chi connectivity index (χ2v) is 7.61. The maximum Gasteiger partial charge on any atom is 0.237 e. The van der Waals surface area contributed by atoms with Crippen LogP contribution < -0.4 is 5.32 Å². The van der Waals surface area contributed by atoms with E-state index in [1.807, 2.05) is 7.05 Å². The molecule has 23 heavy (non-hydrogen) atoms. The SMILES string of the molecule is CNC(C)Cc1noc(CSc2ccc(C(C)(C)C)cc2)n1.Cl. The highest BCUT2D eigenvalue weighted by Gasteiger charge is 2.13. The molecule has 0 saturated carbocycles. The van der Waals surface area contributed by atoms with Crippen LogP contribution in [0.4, 0.5) is 0 Å². The first kappa shape index (κ1) is 20.0. The Bertz CT molecular complexity index is 593. The maximum atomic E-state index is 5.30. The minimum absolute atomic E-state index is 0. The van der Waals surface area contributed by atoms with Gasteiger partial charge in [0.15, 0.2) is 5.82 Å². The molecule has 0 aliphatic carbocycles. The first-order valence-corrected chi connectivity index (χ1v) is 8.59. The zero-order valence-electron chi connectivity index (χ0n) is 14.4. The van der Waals surface area contributed by atoms with Crippen LogP contribution in [0.5, 0.6) is 0 Å². The Kier molecular flexibility index (Phi) is 7.58. The predicted molar refractivity (Wildman–Crippen MR) is 98.5 cm³/mol. The number of likely N-dealkylation sites (N-methyl/N-ethyl adjacent to an activating group) is 1. The molecule has 1 N–H and O–H groups in total. The Labute approximate surface area is 149 Å². The second kappa shape index (κ2) is 8.71. The van der Waals surface area contributed by atoms with Crippen LogP contribution in [0.2, 0.25) is 0 Å². The van der Waals surface area contributed by atoms with Gasteiger partial charge in [0.25, 0.3) is 0 Å². The van der Waals surface area contributed by atoms with E-state index in [0.717, 1.165) is 12.2 Å². The van der Waals surface area contributed by atoms with Crippen LogP contribution in [-0.4, -0.2) is 23.2 Å². The second-order valence-electron chi connectivity index (χ2n) is 6.56. The largest absolute Gasteiger partial charge is 0.338 e. The van der Waals surface area contributed by atoms with Crippen molar-refractivity contribution in [3.05, 3.63) is 41.5 Å². The van der Waals surface area contributed by atoms with Gasteiger partial charge in [-0.05, 0) is 37.1 Å². The summed E-state index contributed by atoms with van der Waals surface area (Å²) in [6.45, 7) is 8.77. The molecular weight excluding hydrogens is 330 g/mol. The molecule has 0 bridgehead atoms. The molecule has 0 amide bonds. The number of aromatic nitrogens is 2. The average molecular weight is 356 g/mol. The van der Waals surface area contributed by atoms with Gasteiger partial charge in [0.2, 0.25) is 5.89 Å². The van der Waals surface area contributed by atoms with E-state index in [1.54, 1.807) is 11.8 Å². The van der Waals surface area contributed by atoms with Gasteiger partial charge in [0.1, 0.15) is 0 Å². The van der Waals surface area contributed by atoms with E-state index in [0.29, 0.717) is 17.7 Å². The third kappa shape index (κ3) is 6.16. The van der Waals surface area contributed by atoms with Gasteiger partial charge < -0.3 is 9.84 Å². The standard InChI is InChI=1S/C17H25N3OS.ClH/c1-12(18-5)10-15-19-16(21-20-15)11-22-14-8-6-13(7-9-14)17(2,3)4;/h6-9,12,18H,10-11H2,1-5H3;1H. The first-order chi connectivity index (χ1) is 10.4. The van der Waals surface area contributed by atoms with E-state index < -0.39 is 0 Å². The summed E-state index contributed by atoms with van der Waals surface area (Å²) in [5, 5.41) is 7.19. The maximum absolute atomic E-state index is 5.30. The fourth-order valence-corrected chi connectivity index (χ4v) is 2.74. The molecule has 0 saturated heterocycles. The van der Waals surface area contributed by atoms with Crippen LogP contribution in [0.25, 0.3) is 0 Å². The predicted octanol–water partition coefficient (Wildman–Crippen LogP) is 4.23. The van der Waals surface area contributed by atoms with E-state index in [2.05, 4.69) is 67.4 Å². The smallest absolute Gasteiger partial charge is 0.237 e. The van der Waals surface area contributed by atoms with Crippen molar-refractivity contribution in [1.29, 1.82) is 0 Å². The number of halogens is 1. The number of thioether (sulfide) groups is 1. The van der Waals surface area contributed by atoms with Crippen LogP contribution in [0.15, 0.2) is 33.7 Å². The molecule has 1 unspecified atom stereocenters. The van der Waals surface area contributed by atoms with Crippen LogP contribution in [0, 0.1) is 0 Å². The Morgan fingerprint density at radius 1 is 1.22 bits per heavy atom. The topological polar surface area (TPSA) is 51.0 Å². The number of benzene rings is 1. The molecule has 0 fully saturated rings. The minimum atomic E-state index is 0. The Hall–Kier alpha value is -1.04. The summed E-state index contributed by atoms with van der Waals surface area (Å²) in [7, 11) is 1.93. The van der Waals surface area contributed by atoms with E-state index in [4.69, 9.17) is 4.52 Å². The van der Waals surface area contributed by atoms with Crippen LogP contribution in [0.3, 0.4) is 0 Å². The van der Waals surface area contributed by atoms with Crippen molar-refractivity contribution in [1.82, 2.24) is 15.5 Å². The quantitative estimate of drug-likeness (QED) is 0.786. The minimum Gasteiger partial charge on any atom is -0.338 e. The fraction of sp³-hybridized carbons (Fsp3) is 0.529. The molecule has 1 heterocycles. The Morgan fingerprint density at radius 2 is 1.87 bits per heavy atom. The number of rotatable bonds is 6. The van der Waals surface area contributed by atoms with E-state index >= 15 is 0 Å². The summed E-state index contributed by atoms with van der Waals surface area (Å²) in [6, 6.07) is 9.05. The molecule has 4 nitrogen and oxygen atoms in total. The molecule has 0 radical (unpaired) electrons. The molecule has 1 aromatic heterocycles. The Morgan fingerprint density at radius 3 is 2.43 bits per heavy atom. The molecule has 1 atom stereocenters. The highest BCUT2D eigenvalue weighted by Crippen LogP contribution is 2.27. The lowest BCUT2D eigenvalue weighted by Gasteiger charge is -2.18. The number of nitrogens with zero attached hydrogens (tertiary/aromatic N) is 2. The molecule has 0 aliphatic rings. The monoisotopic (exact) mass is 355 g/mol. The summed E-state index contributed by atoms with van der Waals surface area (Å²) in [6.07, 6.45) is 0.783. The highest BCUT2D eigenvalue weighted by molar-refractivity contribution is 7.98. The zero-order chi connectivity index (χ0) is 16.2. The van der Waals surface area contributed by atoms with Crippen molar-refractivity contribution in [2.75, 3.05) is 7.05 Å². The van der Waals surface area contributed by atoms with Gasteiger partial charge in [-0.25, -0.2) is 0 Å². The average Bonchev–Trinajstić information content (AvgIpc) is 2.92. The van der Waals surface area contributed by atoms with Crippen molar-refractivity contribution in [3.8, 4) is 0 Å². The fourth-order valence-electron chi connectivity index (χ4n) is 2.00. The van der Waals surface area contributed by atoms with Crippen LogP contribution in [0.1, 0.15) is 45.0 Å². The van der Waals surface area contributed by atoms with Gasteiger partial charge in [-0.1, -0.05) is 38.1 Å². The molecule has 1 aromatic carbocycles. The van der Waals surface area contributed by atoms with E-state index in [1.165, 1.54) is 10.5 Å². The van der Waals surface area contributed by atoms with Crippen molar-refractivity contribution >= 4 is 24.2 Å². The van der Waals surface area contributed by atoms with E-state index in [-0.39, 0.29) is 17.8 Å². The molecule has 6 heteroatoms. The molecule has 0 spiro atoms. The van der Waals surface area contributed by atoms with Crippen molar-refractivity contribution in [2.24, 2.45) is 0 Å². The van der Waals surface area contributed by atoms with Crippen molar-refractivity contribution in [2.45, 2.75) is 56.2 Å². The lowest BCUT2D eigenvalue weighted by molar-refractivity contribution is 0.382. The van der Waals surface area contributed by atoms with E-state index in [9.17, 15) is 0 Å². The van der Waals surface area contributed by atoms with Gasteiger partial charge >= 0.3 is 0 Å². The number of hydrogen-bond acceptors (Lipinski definition) is 5. The molecule has 0 aliphatic heterocycles. The normalized spacial score (nSPS) is 12.7. The van der Waals surface area contributed by atoms with Crippen molar-refractivity contribution in [3.63, 3.8) is 0 Å². The zero-order valence-corrected chi connectivity index (χ0v) is 16.1. The molecule has 2 aromatic rings. The number of hydrogen-bond donors (Lipinski definition) is 1. The Balaban J connectivity index is 0.00000264. The third-order valence-corrected chi connectivity index (χ3v) is 4.57. The van der Waals surface area contributed by atoms with Gasteiger partial charge in [0, 0.05) is 17.4 Å². The summed E-state index contributed by atoms with van der Waals surface area (Å²) in [5.41, 5.74) is 1.53. The van der Waals surface area contributed by atoms with Gasteiger partial charge in [0.05, 0.1) is 5.75 Å². The first-order valence-electron chi connectivity index (χ1n) is 7.60. The van der Waals surface area contributed by atoms with Gasteiger partial charge in [-0.2, -0.15) is 4.98 Å². The summed E-state index contributed by atoms with van der Waals surface area (Å²) in [5.74, 6) is 2.15. The highest BCUT2D eigenvalue weighted by atomic mass is 35.5. The molecule has 128 valence electrons. The third-order valence-electron chi connectivity index (χ3n) is 3.57. The lowest BCUT2D eigenvalue weighted by Crippen LogP contribution is -2.24. The summed E-state index contributed by atoms with van der Waals surface area (Å²) in [4.78, 5) is 5.65. The van der Waals surface area contributed by atoms with Crippen LogP contribution in [-0.2, 0) is 17.6 Å². The molecule has 2 rings (SSSR count). The summed E-state index contributed by atoms with van der Waals surface area (Å²) < 4.78 is 5.30. The van der Waals surface area contributed by atoms with Crippen LogP contribution >= 0.6 is 24.2 Å². The van der Waals surface area contributed by atoms with Gasteiger partial charge in [-0.3, -0.25) is 0 Å². The van der Waals surface area contributed by atoms with Gasteiger partial charge in [-0.15, -0.1) is 24.2 Å². The summed E-state index contributed by atoms with van der Waals surface area (Å²) >= 11 is 1.72. The van der Waals surface area contributed by atoms with Crippen molar-refractivity contribution < 1.29 is 4.52 Å². The molecular formula is C17H26ClN3OS.